The van der Waals surface area contributed by atoms with Crippen molar-refractivity contribution in [3.8, 4) is 34.5 Å². The molecule has 0 amide bonds. The maximum atomic E-state index is 12.6. The van der Waals surface area contributed by atoms with E-state index in [0.717, 1.165) is 25.7 Å². The monoisotopic (exact) mass is 748 g/mol. The van der Waals surface area contributed by atoms with Crippen LogP contribution in [0.2, 0.25) is 0 Å². The van der Waals surface area contributed by atoms with Crippen molar-refractivity contribution in [3.63, 3.8) is 0 Å². The maximum absolute atomic E-state index is 12.6. The molecule has 16 nitrogen and oxygen atoms in total. The van der Waals surface area contributed by atoms with Crippen molar-refractivity contribution in [3.05, 3.63) is 35.4 Å². The van der Waals surface area contributed by atoms with E-state index >= 15 is 0 Å². The zero-order valence-corrected chi connectivity index (χ0v) is 31.3. The van der Waals surface area contributed by atoms with E-state index in [-0.39, 0.29) is 51.7 Å². The summed E-state index contributed by atoms with van der Waals surface area (Å²) < 4.78 is 42.2. The van der Waals surface area contributed by atoms with Gasteiger partial charge in [0.2, 0.25) is 0 Å². The first kappa shape index (κ1) is 40.5. The minimum absolute atomic E-state index is 0.0288. The van der Waals surface area contributed by atoms with E-state index in [1.807, 2.05) is 0 Å². The van der Waals surface area contributed by atoms with Crippen molar-refractivity contribution in [1.29, 1.82) is 0 Å². The molecule has 0 N–H and O–H groups in total. The number of carbonyl (C=O) groups is 4. The summed E-state index contributed by atoms with van der Waals surface area (Å²) in [5.41, 5.74) is -0.0926. The van der Waals surface area contributed by atoms with Gasteiger partial charge in [-0.15, -0.1) is 0 Å². The predicted octanol–water partition coefficient (Wildman–Crippen LogP) is 7.03. The van der Waals surface area contributed by atoms with Crippen molar-refractivity contribution in [2.24, 2.45) is 17.3 Å². The van der Waals surface area contributed by atoms with Crippen LogP contribution in [-0.4, -0.2) is 79.1 Å². The highest BCUT2D eigenvalue weighted by Crippen LogP contribution is 2.49. The van der Waals surface area contributed by atoms with Gasteiger partial charge in [-0.3, -0.25) is 0 Å². The van der Waals surface area contributed by atoms with Crippen LogP contribution in [0.3, 0.4) is 0 Å². The lowest BCUT2D eigenvalue weighted by molar-refractivity contribution is -0.209. The first-order chi connectivity index (χ1) is 25.4. The Bertz CT molecular complexity index is 1470. The third kappa shape index (κ3) is 9.99. The average Bonchev–Trinajstić information content (AvgIpc) is 3.18. The second-order valence-electron chi connectivity index (χ2n) is 13.2. The van der Waals surface area contributed by atoms with Crippen LogP contribution in [0.15, 0.2) is 24.3 Å². The molecule has 16 heteroatoms. The molecule has 2 aromatic rings. The number of methoxy groups -OCH3 is 6. The van der Waals surface area contributed by atoms with Crippen molar-refractivity contribution >= 4 is 24.2 Å². The number of benzene rings is 2. The lowest BCUT2D eigenvalue weighted by Gasteiger charge is -2.46. The van der Waals surface area contributed by atoms with Crippen LogP contribution in [0.5, 0.6) is 34.5 Å². The number of ether oxygens (including phenoxy) is 8. The van der Waals surface area contributed by atoms with Gasteiger partial charge in [0, 0.05) is 24.3 Å². The van der Waals surface area contributed by atoms with E-state index in [9.17, 15) is 19.2 Å². The molecule has 292 valence electrons. The minimum atomic E-state index is -1.12. The summed E-state index contributed by atoms with van der Waals surface area (Å²) in [4.78, 5) is 68.9. The van der Waals surface area contributed by atoms with E-state index in [0.29, 0.717) is 49.0 Å². The molecule has 2 saturated carbocycles. The highest BCUT2D eigenvalue weighted by molar-refractivity contribution is 5.94. The van der Waals surface area contributed by atoms with Gasteiger partial charge in [-0.1, -0.05) is 13.8 Å². The molecule has 0 radical (unpaired) electrons. The fraction of sp³-hybridized carbons (Fsp3) is 0.568. The maximum Gasteiger partial charge on any atom is 0.550 e. The van der Waals surface area contributed by atoms with E-state index in [4.69, 9.17) is 47.7 Å². The van der Waals surface area contributed by atoms with Gasteiger partial charge < -0.3 is 37.9 Å². The summed E-state index contributed by atoms with van der Waals surface area (Å²) in [5.74, 6) is 0.285. The van der Waals surface area contributed by atoms with Gasteiger partial charge in [0.05, 0.1) is 42.7 Å². The Hall–Kier alpha value is -5.28. The quantitative estimate of drug-likeness (QED) is 0.123. The third-order valence-electron chi connectivity index (χ3n) is 10.2. The van der Waals surface area contributed by atoms with E-state index in [1.165, 1.54) is 66.9 Å². The number of rotatable bonds is 12. The molecule has 0 heterocycles. The Kier molecular flexibility index (Phi) is 14.1. The van der Waals surface area contributed by atoms with Crippen LogP contribution in [-0.2, 0) is 29.0 Å². The zero-order chi connectivity index (χ0) is 38.7. The summed E-state index contributed by atoms with van der Waals surface area (Å²) in [6.45, 7) is 4.49. The Labute approximate surface area is 307 Å². The molecular formula is C37H48O16. The van der Waals surface area contributed by atoms with Crippen LogP contribution < -0.4 is 28.4 Å². The number of hydrogen-bond donors (Lipinski definition) is 0. The highest BCUT2D eigenvalue weighted by atomic mass is 17.2. The normalized spacial score (nSPS) is 19.8. The number of hydrogen-bond acceptors (Lipinski definition) is 16. The fourth-order valence-corrected chi connectivity index (χ4v) is 7.11. The first-order valence-electron chi connectivity index (χ1n) is 17.2. The fourth-order valence-electron chi connectivity index (χ4n) is 7.11. The lowest BCUT2D eigenvalue weighted by atomic mass is 9.60. The van der Waals surface area contributed by atoms with Gasteiger partial charge in [0.15, 0.2) is 23.0 Å². The van der Waals surface area contributed by atoms with Crippen molar-refractivity contribution in [1.82, 2.24) is 0 Å². The van der Waals surface area contributed by atoms with E-state index in [1.54, 1.807) is 0 Å². The second kappa shape index (κ2) is 18.5. The largest absolute Gasteiger partial charge is 0.550 e. The number of carbonyl (C=O) groups excluding carboxylic acids is 4. The molecule has 0 aliphatic heterocycles. The summed E-state index contributed by atoms with van der Waals surface area (Å²) in [7, 11) is 8.45. The average molecular weight is 749 g/mol. The molecular weight excluding hydrogens is 700 g/mol. The molecule has 2 aliphatic rings. The lowest BCUT2D eigenvalue weighted by Crippen LogP contribution is -2.39. The van der Waals surface area contributed by atoms with Crippen LogP contribution in [0.4, 0.5) is 9.59 Å². The van der Waals surface area contributed by atoms with Gasteiger partial charge in [0.25, 0.3) is 0 Å². The summed E-state index contributed by atoms with van der Waals surface area (Å²) >= 11 is 0. The molecule has 0 aromatic heterocycles. The molecule has 2 fully saturated rings. The highest BCUT2D eigenvalue weighted by Gasteiger charge is 2.42. The Morgan fingerprint density at radius 2 is 0.755 bits per heavy atom. The van der Waals surface area contributed by atoms with Gasteiger partial charge in [-0.05, 0) is 68.6 Å². The third-order valence-corrected chi connectivity index (χ3v) is 10.2. The molecule has 0 unspecified atom stereocenters. The Morgan fingerprint density at radius 1 is 0.453 bits per heavy atom. The summed E-state index contributed by atoms with van der Waals surface area (Å²) in [5, 5.41) is 0. The van der Waals surface area contributed by atoms with E-state index < -0.39 is 24.2 Å². The predicted molar refractivity (Wildman–Crippen MR) is 183 cm³/mol. The Balaban J connectivity index is 1.18. The second-order valence-corrected chi connectivity index (χ2v) is 13.2. The van der Waals surface area contributed by atoms with Crippen LogP contribution in [0, 0.1) is 17.3 Å². The van der Waals surface area contributed by atoms with Gasteiger partial charge >= 0.3 is 24.2 Å². The summed E-state index contributed by atoms with van der Waals surface area (Å²) in [6.07, 6.45) is 2.79. The zero-order valence-electron chi connectivity index (χ0n) is 31.3. The molecule has 2 aliphatic carbocycles. The van der Waals surface area contributed by atoms with E-state index in [2.05, 4.69) is 23.6 Å². The van der Waals surface area contributed by atoms with Crippen LogP contribution in [0.25, 0.3) is 0 Å². The van der Waals surface area contributed by atoms with Crippen LogP contribution in [0.1, 0.15) is 85.9 Å². The molecule has 2 aromatic carbocycles. The Morgan fingerprint density at radius 3 is 1.06 bits per heavy atom. The van der Waals surface area contributed by atoms with Crippen LogP contribution >= 0.6 is 0 Å². The van der Waals surface area contributed by atoms with Gasteiger partial charge in [-0.2, -0.15) is 9.59 Å². The first-order valence-corrected chi connectivity index (χ1v) is 17.2. The minimum Gasteiger partial charge on any atom is -0.496 e. The topological polar surface area (TPSA) is 179 Å². The molecule has 0 spiro atoms. The van der Waals surface area contributed by atoms with Crippen molar-refractivity contribution < 1.29 is 76.6 Å². The molecule has 0 bridgehead atoms. The SMILES string of the molecule is COc1cc(OC)c(C(=O)OOC(=O)OC2CCC(C(C)(C)C3CCC(OC(=O)OOC(=O)c4cc(OC)c(OC)cc4OC)CC3)CC2)cc1OC. The standard InChI is InChI=1S/C37H48O16/c1-37(2,21-9-13-23(14-10-21)48-35(40)52-50-33(38)25-17-29(44-5)31(46-7)19-27(25)42-3)22-11-15-24(16-12-22)49-36(41)53-51-34(39)26-18-30(45-6)32(47-8)20-28(26)43-4/h17-24H,9-16H2,1-8H3. The van der Waals surface area contributed by atoms with Gasteiger partial charge in [-0.25, -0.2) is 29.1 Å². The smallest absolute Gasteiger partial charge is 0.496 e. The molecule has 4 rings (SSSR count). The molecule has 53 heavy (non-hydrogen) atoms. The van der Waals surface area contributed by atoms with Crippen molar-refractivity contribution in [2.45, 2.75) is 77.4 Å². The van der Waals surface area contributed by atoms with Gasteiger partial charge in [0.1, 0.15) is 34.8 Å². The molecule has 0 saturated heterocycles. The van der Waals surface area contributed by atoms with Crippen molar-refractivity contribution in [2.75, 3.05) is 42.7 Å². The molecule has 0 atom stereocenters. The summed E-state index contributed by atoms with van der Waals surface area (Å²) in [6, 6.07) is 5.61.